The van der Waals surface area contributed by atoms with Crippen molar-refractivity contribution < 1.29 is 9.53 Å². The standard InChI is InChI=1S/C13H10Br2N2O2S/c1-6-10(13(18)19-2)12(20)17-11(16-6)8-4-3-7(14)5-9(8)15/h3-5H,1-2H3,(H,16,17,20). The Morgan fingerprint density at radius 3 is 2.65 bits per heavy atom. The zero-order chi connectivity index (χ0) is 14.9. The van der Waals surface area contributed by atoms with E-state index in [4.69, 9.17) is 17.0 Å². The smallest absolute Gasteiger partial charge is 0.342 e. The van der Waals surface area contributed by atoms with E-state index in [9.17, 15) is 4.79 Å². The normalized spacial score (nSPS) is 10.4. The highest BCUT2D eigenvalue weighted by Gasteiger charge is 2.15. The number of esters is 1. The molecule has 0 saturated heterocycles. The maximum absolute atomic E-state index is 11.7. The van der Waals surface area contributed by atoms with E-state index in [0.29, 0.717) is 17.1 Å². The van der Waals surface area contributed by atoms with Gasteiger partial charge in [-0.05, 0) is 41.1 Å². The summed E-state index contributed by atoms with van der Waals surface area (Å²) in [6.07, 6.45) is 0. The van der Waals surface area contributed by atoms with Gasteiger partial charge in [0.1, 0.15) is 16.0 Å². The molecular weight excluding hydrogens is 408 g/mol. The molecule has 2 aromatic rings. The molecule has 0 fully saturated rings. The van der Waals surface area contributed by atoms with Crippen molar-refractivity contribution in [3.63, 3.8) is 0 Å². The van der Waals surface area contributed by atoms with E-state index in [2.05, 4.69) is 41.8 Å². The van der Waals surface area contributed by atoms with Crippen molar-refractivity contribution in [3.8, 4) is 11.4 Å². The summed E-state index contributed by atoms with van der Waals surface area (Å²) >= 11 is 12.1. The van der Waals surface area contributed by atoms with Gasteiger partial charge in [0.05, 0.1) is 7.11 Å². The molecule has 0 spiro atoms. The summed E-state index contributed by atoms with van der Waals surface area (Å²) < 4.78 is 6.75. The fourth-order valence-corrected chi connectivity index (χ4v) is 3.30. The number of aryl methyl sites for hydroxylation is 1. The third-order valence-corrected chi connectivity index (χ3v) is 4.13. The molecule has 1 aromatic carbocycles. The van der Waals surface area contributed by atoms with Crippen LogP contribution in [0.15, 0.2) is 27.1 Å². The summed E-state index contributed by atoms with van der Waals surface area (Å²) in [5, 5.41) is 0. The van der Waals surface area contributed by atoms with Crippen LogP contribution in [0.1, 0.15) is 16.1 Å². The van der Waals surface area contributed by atoms with Crippen LogP contribution >= 0.6 is 44.1 Å². The summed E-state index contributed by atoms with van der Waals surface area (Å²) in [6, 6.07) is 5.72. The van der Waals surface area contributed by atoms with E-state index in [0.717, 1.165) is 14.5 Å². The Balaban J connectivity index is 2.61. The SMILES string of the molecule is COC(=O)c1c(C)[nH]c(-c2ccc(Br)cc2Br)nc1=S. The fourth-order valence-electron chi connectivity index (χ4n) is 1.74. The van der Waals surface area contributed by atoms with Crippen LogP contribution in [-0.4, -0.2) is 23.0 Å². The highest BCUT2D eigenvalue weighted by atomic mass is 79.9. The van der Waals surface area contributed by atoms with Gasteiger partial charge in [0.25, 0.3) is 0 Å². The molecular formula is C13H10Br2N2O2S. The first-order chi connectivity index (χ1) is 9.43. The first-order valence-electron chi connectivity index (χ1n) is 5.58. The summed E-state index contributed by atoms with van der Waals surface area (Å²) in [6.45, 7) is 1.76. The first kappa shape index (κ1) is 15.3. The molecule has 1 N–H and O–H groups in total. The van der Waals surface area contributed by atoms with Gasteiger partial charge in [-0.1, -0.05) is 28.1 Å². The van der Waals surface area contributed by atoms with Crippen LogP contribution in [-0.2, 0) is 4.74 Å². The lowest BCUT2D eigenvalue weighted by Crippen LogP contribution is -2.09. The molecule has 0 unspecified atom stereocenters. The molecule has 104 valence electrons. The van der Waals surface area contributed by atoms with E-state index in [1.54, 1.807) is 6.92 Å². The van der Waals surface area contributed by atoms with Crippen molar-refractivity contribution in [2.45, 2.75) is 6.92 Å². The molecule has 4 nitrogen and oxygen atoms in total. The minimum Gasteiger partial charge on any atom is -0.465 e. The Hall–Kier alpha value is -1.05. The van der Waals surface area contributed by atoms with Gasteiger partial charge in [-0.25, -0.2) is 9.78 Å². The molecule has 0 saturated carbocycles. The number of nitrogens with zero attached hydrogens (tertiary/aromatic N) is 1. The van der Waals surface area contributed by atoms with Gasteiger partial charge >= 0.3 is 5.97 Å². The number of carbonyl (C=O) groups excluding carboxylic acids is 1. The van der Waals surface area contributed by atoms with Crippen LogP contribution < -0.4 is 0 Å². The number of hydrogen-bond donors (Lipinski definition) is 1. The number of nitrogens with one attached hydrogen (secondary N) is 1. The van der Waals surface area contributed by atoms with Crippen LogP contribution in [0.5, 0.6) is 0 Å². The third-order valence-electron chi connectivity index (χ3n) is 2.68. The van der Waals surface area contributed by atoms with Crippen molar-refractivity contribution >= 4 is 50.0 Å². The molecule has 0 aliphatic rings. The minimum absolute atomic E-state index is 0.220. The van der Waals surface area contributed by atoms with E-state index in [-0.39, 0.29) is 4.64 Å². The molecule has 0 radical (unpaired) electrons. The van der Waals surface area contributed by atoms with Gasteiger partial charge in [-0.15, -0.1) is 0 Å². The third kappa shape index (κ3) is 2.99. The Kier molecular flexibility index (Phi) is 4.72. The van der Waals surface area contributed by atoms with Crippen LogP contribution in [0.4, 0.5) is 0 Å². The molecule has 0 atom stereocenters. The van der Waals surface area contributed by atoms with E-state index >= 15 is 0 Å². The molecule has 0 bridgehead atoms. The number of hydrogen-bond acceptors (Lipinski definition) is 4. The lowest BCUT2D eigenvalue weighted by atomic mass is 10.2. The number of aromatic amines is 1. The number of halogens is 2. The second-order valence-electron chi connectivity index (χ2n) is 4.01. The van der Waals surface area contributed by atoms with Crippen molar-refractivity contribution in [1.82, 2.24) is 9.97 Å². The quantitative estimate of drug-likeness (QED) is 0.580. The monoisotopic (exact) mass is 416 g/mol. The van der Waals surface area contributed by atoms with Crippen molar-refractivity contribution in [2.75, 3.05) is 7.11 Å². The molecule has 1 heterocycles. The summed E-state index contributed by atoms with van der Waals surface area (Å²) in [5.41, 5.74) is 1.78. The lowest BCUT2D eigenvalue weighted by Gasteiger charge is -2.09. The van der Waals surface area contributed by atoms with Crippen molar-refractivity contribution in [2.24, 2.45) is 0 Å². The minimum atomic E-state index is -0.488. The van der Waals surface area contributed by atoms with Gasteiger partial charge in [-0.2, -0.15) is 0 Å². The predicted octanol–water partition coefficient (Wildman–Crippen LogP) is 4.43. The second-order valence-corrected chi connectivity index (χ2v) is 6.16. The largest absolute Gasteiger partial charge is 0.465 e. The average Bonchev–Trinajstić information content (AvgIpc) is 2.37. The second kappa shape index (κ2) is 6.15. The molecule has 20 heavy (non-hydrogen) atoms. The van der Waals surface area contributed by atoms with Gasteiger partial charge in [0.2, 0.25) is 0 Å². The van der Waals surface area contributed by atoms with E-state index in [1.807, 2.05) is 18.2 Å². The molecule has 1 aromatic heterocycles. The zero-order valence-corrected chi connectivity index (χ0v) is 14.6. The van der Waals surface area contributed by atoms with Gasteiger partial charge in [0, 0.05) is 20.2 Å². The number of carbonyl (C=O) groups is 1. The number of ether oxygens (including phenoxy) is 1. The molecule has 0 aliphatic carbocycles. The first-order valence-corrected chi connectivity index (χ1v) is 7.58. The number of methoxy groups -OCH3 is 1. The molecule has 0 amide bonds. The van der Waals surface area contributed by atoms with Gasteiger partial charge in [-0.3, -0.25) is 0 Å². The highest BCUT2D eigenvalue weighted by molar-refractivity contribution is 9.11. The number of benzene rings is 1. The topological polar surface area (TPSA) is 55.0 Å². The number of H-pyrrole nitrogens is 1. The number of aromatic nitrogens is 2. The Labute approximate surface area is 137 Å². The Morgan fingerprint density at radius 2 is 2.10 bits per heavy atom. The number of rotatable bonds is 2. The molecule has 2 rings (SSSR count). The van der Waals surface area contributed by atoms with Gasteiger partial charge < -0.3 is 9.72 Å². The van der Waals surface area contributed by atoms with E-state index in [1.165, 1.54) is 7.11 Å². The molecule has 0 aliphatic heterocycles. The molecule has 7 heteroatoms. The Morgan fingerprint density at radius 1 is 1.40 bits per heavy atom. The van der Waals surface area contributed by atoms with Crippen molar-refractivity contribution in [3.05, 3.63) is 43.0 Å². The van der Waals surface area contributed by atoms with Crippen molar-refractivity contribution in [1.29, 1.82) is 0 Å². The van der Waals surface area contributed by atoms with Crippen LogP contribution in [0, 0.1) is 11.6 Å². The maximum Gasteiger partial charge on any atom is 0.342 e. The van der Waals surface area contributed by atoms with Gasteiger partial charge in [0.15, 0.2) is 0 Å². The Bertz CT molecular complexity index is 744. The summed E-state index contributed by atoms with van der Waals surface area (Å²) in [4.78, 5) is 19.0. The summed E-state index contributed by atoms with van der Waals surface area (Å²) in [5.74, 6) is 0.109. The highest BCUT2D eigenvalue weighted by Crippen LogP contribution is 2.29. The maximum atomic E-state index is 11.7. The fraction of sp³-hybridized carbons (Fsp3) is 0.154. The van der Waals surface area contributed by atoms with Crippen LogP contribution in [0.25, 0.3) is 11.4 Å². The zero-order valence-electron chi connectivity index (χ0n) is 10.7. The lowest BCUT2D eigenvalue weighted by molar-refractivity contribution is 0.0598. The van der Waals surface area contributed by atoms with E-state index < -0.39 is 5.97 Å². The van der Waals surface area contributed by atoms with Crippen LogP contribution in [0.2, 0.25) is 0 Å². The predicted molar refractivity (Wildman–Crippen MR) is 86.3 cm³/mol. The average molecular weight is 418 g/mol. The summed E-state index contributed by atoms with van der Waals surface area (Å²) in [7, 11) is 1.32. The van der Waals surface area contributed by atoms with Crippen LogP contribution in [0.3, 0.4) is 0 Å².